The summed E-state index contributed by atoms with van der Waals surface area (Å²) in [6, 6.07) is 6.93. The lowest BCUT2D eigenvalue weighted by atomic mass is 10.1. The van der Waals surface area contributed by atoms with Gasteiger partial charge in [-0.25, -0.2) is 13.1 Å². The smallest absolute Gasteiger partial charge is 0.240 e. The van der Waals surface area contributed by atoms with Crippen LogP contribution < -0.4 is 4.72 Å². The van der Waals surface area contributed by atoms with Crippen LogP contribution in [0.25, 0.3) is 0 Å². The van der Waals surface area contributed by atoms with Crippen molar-refractivity contribution in [1.29, 1.82) is 0 Å². The fourth-order valence-electron chi connectivity index (χ4n) is 2.51. The van der Waals surface area contributed by atoms with E-state index in [0.29, 0.717) is 24.4 Å². The van der Waals surface area contributed by atoms with E-state index < -0.39 is 10.0 Å². The number of unbranched alkanes of at least 4 members (excludes halogenated alkanes) is 1. The highest BCUT2D eigenvalue weighted by atomic mass is 32.2. The molecule has 122 valence electrons. The largest absolute Gasteiger partial charge is 0.342 e. The van der Waals surface area contributed by atoms with Crippen LogP contribution in [0, 0.1) is 0 Å². The number of carbonyl (C=O) groups excluding carboxylic acids is 1. The average molecular weight is 324 g/mol. The standard InChI is InChI=1S/C16H24N2O3S/c1-2-3-11-17-22(20,21)15-8-6-14(7-9-15)10-13-18-12-4-5-16(18)19/h6-9,17H,2-5,10-13H2,1H3. The number of rotatable bonds is 8. The summed E-state index contributed by atoms with van der Waals surface area (Å²) < 4.78 is 26.7. The maximum absolute atomic E-state index is 12.1. The van der Waals surface area contributed by atoms with Crippen LogP contribution in [0.5, 0.6) is 0 Å². The summed E-state index contributed by atoms with van der Waals surface area (Å²) in [7, 11) is -3.40. The first-order valence-electron chi connectivity index (χ1n) is 7.89. The molecule has 0 saturated carbocycles. The lowest BCUT2D eigenvalue weighted by molar-refractivity contribution is -0.127. The van der Waals surface area contributed by atoms with E-state index in [1.165, 1.54) is 0 Å². The highest BCUT2D eigenvalue weighted by Gasteiger charge is 2.19. The van der Waals surface area contributed by atoms with Gasteiger partial charge in [0.2, 0.25) is 15.9 Å². The molecule has 0 unspecified atom stereocenters. The van der Waals surface area contributed by atoms with E-state index in [4.69, 9.17) is 0 Å². The third kappa shape index (κ3) is 4.55. The molecule has 5 nitrogen and oxygen atoms in total. The van der Waals surface area contributed by atoms with Crippen molar-refractivity contribution in [3.8, 4) is 0 Å². The number of sulfonamides is 1. The SMILES string of the molecule is CCCCNS(=O)(=O)c1ccc(CCN2CCCC2=O)cc1. The predicted molar refractivity (Wildman–Crippen MR) is 86.1 cm³/mol. The molecule has 22 heavy (non-hydrogen) atoms. The van der Waals surface area contributed by atoms with Crippen molar-refractivity contribution in [1.82, 2.24) is 9.62 Å². The maximum atomic E-state index is 12.1. The molecule has 0 radical (unpaired) electrons. The van der Waals surface area contributed by atoms with Gasteiger partial charge in [-0.15, -0.1) is 0 Å². The van der Waals surface area contributed by atoms with E-state index in [9.17, 15) is 13.2 Å². The van der Waals surface area contributed by atoms with Gasteiger partial charge in [-0.3, -0.25) is 4.79 Å². The fourth-order valence-corrected chi connectivity index (χ4v) is 3.58. The van der Waals surface area contributed by atoms with Crippen molar-refractivity contribution in [3.05, 3.63) is 29.8 Å². The predicted octanol–water partition coefficient (Wildman–Crippen LogP) is 1.93. The Bertz CT molecular complexity index is 596. The number of hydrogen-bond acceptors (Lipinski definition) is 3. The summed E-state index contributed by atoms with van der Waals surface area (Å²) in [5.74, 6) is 0.222. The summed E-state index contributed by atoms with van der Waals surface area (Å²) >= 11 is 0. The fraction of sp³-hybridized carbons (Fsp3) is 0.562. The van der Waals surface area contributed by atoms with Gasteiger partial charge < -0.3 is 4.90 Å². The van der Waals surface area contributed by atoms with Gasteiger partial charge in [0.05, 0.1) is 4.90 Å². The molecule has 1 heterocycles. The van der Waals surface area contributed by atoms with Gasteiger partial charge in [0.25, 0.3) is 0 Å². The molecule has 6 heteroatoms. The van der Waals surface area contributed by atoms with Gasteiger partial charge in [-0.05, 0) is 37.0 Å². The molecule has 1 aliphatic rings. The van der Waals surface area contributed by atoms with Crippen molar-refractivity contribution in [3.63, 3.8) is 0 Å². The Morgan fingerprint density at radius 1 is 1.23 bits per heavy atom. The number of likely N-dealkylation sites (tertiary alicyclic amines) is 1. The zero-order valence-corrected chi connectivity index (χ0v) is 13.9. The first-order valence-corrected chi connectivity index (χ1v) is 9.37. The van der Waals surface area contributed by atoms with E-state index in [0.717, 1.165) is 37.8 Å². The Morgan fingerprint density at radius 3 is 2.55 bits per heavy atom. The molecule has 2 rings (SSSR count). The van der Waals surface area contributed by atoms with Crippen LogP contribution in [-0.4, -0.2) is 38.9 Å². The minimum absolute atomic E-state index is 0.222. The molecule has 1 amide bonds. The third-order valence-electron chi connectivity index (χ3n) is 3.90. The van der Waals surface area contributed by atoms with Crippen LogP contribution in [0.2, 0.25) is 0 Å². The van der Waals surface area contributed by atoms with Crippen LogP contribution in [0.1, 0.15) is 38.2 Å². The van der Waals surface area contributed by atoms with Crippen LogP contribution in [0.15, 0.2) is 29.2 Å². The minimum atomic E-state index is -3.40. The normalized spacial score (nSPS) is 15.5. The Morgan fingerprint density at radius 2 is 1.95 bits per heavy atom. The lowest BCUT2D eigenvalue weighted by Crippen LogP contribution is -2.27. The van der Waals surface area contributed by atoms with E-state index in [2.05, 4.69) is 4.72 Å². The average Bonchev–Trinajstić information content (AvgIpc) is 2.91. The summed E-state index contributed by atoms with van der Waals surface area (Å²) in [5.41, 5.74) is 1.05. The van der Waals surface area contributed by atoms with Crippen LogP contribution in [0.4, 0.5) is 0 Å². The first-order chi connectivity index (χ1) is 10.5. The van der Waals surface area contributed by atoms with E-state index in [1.54, 1.807) is 12.1 Å². The molecule has 1 saturated heterocycles. The molecule has 1 aromatic carbocycles. The van der Waals surface area contributed by atoms with Gasteiger partial charge in [0.1, 0.15) is 0 Å². The Labute approximate surface area is 132 Å². The number of amides is 1. The molecule has 1 fully saturated rings. The summed E-state index contributed by atoms with van der Waals surface area (Å²) in [6.45, 7) is 4.04. The van der Waals surface area contributed by atoms with Gasteiger partial charge >= 0.3 is 0 Å². The number of nitrogens with zero attached hydrogens (tertiary/aromatic N) is 1. The maximum Gasteiger partial charge on any atom is 0.240 e. The number of carbonyl (C=O) groups is 1. The number of hydrogen-bond donors (Lipinski definition) is 1. The highest BCUT2D eigenvalue weighted by Crippen LogP contribution is 2.14. The molecule has 1 N–H and O–H groups in total. The quantitative estimate of drug-likeness (QED) is 0.743. The lowest BCUT2D eigenvalue weighted by Gasteiger charge is -2.15. The Balaban J connectivity index is 1.90. The third-order valence-corrected chi connectivity index (χ3v) is 5.37. The van der Waals surface area contributed by atoms with Crippen LogP contribution in [0.3, 0.4) is 0 Å². The second-order valence-electron chi connectivity index (χ2n) is 5.63. The van der Waals surface area contributed by atoms with E-state index >= 15 is 0 Å². The molecule has 0 aliphatic carbocycles. The molecule has 1 aliphatic heterocycles. The summed E-state index contributed by atoms with van der Waals surface area (Å²) in [4.78, 5) is 13.7. The molecule has 0 bridgehead atoms. The highest BCUT2D eigenvalue weighted by molar-refractivity contribution is 7.89. The summed E-state index contributed by atoms with van der Waals surface area (Å²) in [5, 5.41) is 0. The molecule has 0 spiro atoms. The zero-order valence-electron chi connectivity index (χ0n) is 13.0. The van der Waals surface area contributed by atoms with Crippen molar-refractivity contribution in [2.24, 2.45) is 0 Å². The van der Waals surface area contributed by atoms with E-state index in [-0.39, 0.29) is 5.91 Å². The second-order valence-corrected chi connectivity index (χ2v) is 7.40. The van der Waals surface area contributed by atoms with Crippen molar-refractivity contribution < 1.29 is 13.2 Å². The van der Waals surface area contributed by atoms with Gasteiger partial charge in [0, 0.05) is 26.1 Å². The molecule has 0 aromatic heterocycles. The second kappa shape index (κ2) is 7.74. The topological polar surface area (TPSA) is 66.5 Å². The van der Waals surface area contributed by atoms with Crippen LogP contribution in [-0.2, 0) is 21.2 Å². The first kappa shape index (κ1) is 17.0. The minimum Gasteiger partial charge on any atom is -0.342 e. The molecular weight excluding hydrogens is 300 g/mol. The Hall–Kier alpha value is -1.40. The monoisotopic (exact) mass is 324 g/mol. The van der Waals surface area contributed by atoms with Crippen molar-refractivity contribution >= 4 is 15.9 Å². The molecule has 0 atom stereocenters. The Kier molecular flexibility index (Phi) is 5.97. The number of benzene rings is 1. The van der Waals surface area contributed by atoms with Crippen molar-refractivity contribution in [2.45, 2.75) is 43.9 Å². The van der Waals surface area contributed by atoms with Gasteiger partial charge in [-0.2, -0.15) is 0 Å². The van der Waals surface area contributed by atoms with Gasteiger partial charge in [0.15, 0.2) is 0 Å². The van der Waals surface area contributed by atoms with Crippen LogP contribution >= 0.6 is 0 Å². The van der Waals surface area contributed by atoms with Gasteiger partial charge in [-0.1, -0.05) is 25.5 Å². The molecule has 1 aromatic rings. The number of nitrogens with one attached hydrogen (secondary N) is 1. The van der Waals surface area contributed by atoms with Crippen molar-refractivity contribution in [2.75, 3.05) is 19.6 Å². The zero-order chi connectivity index (χ0) is 16.0. The molecular formula is C16H24N2O3S. The summed E-state index contributed by atoms with van der Waals surface area (Å²) in [6.07, 6.45) is 4.15. The van der Waals surface area contributed by atoms with E-state index in [1.807, 2.05) is 24.0 Å².